The summed E-state index contributed by atoms with van der Waals surface area (Å²) in [7, 11) is 0. The van der Waals surface area contributed by atoms with E-state index in [1.165, 1.54) is 0 Å². The first kappa shape index (κ1) is 9.46. The summed E-state index contributed by atoms with van der Waals surface area (Å²) in [4.78, 5) is 10.1. The Bertz CT molecular complexity index is 324. The van der Waals surface area contributed by atoms with Crippen LogP contribution in [0.4, 0.5) is 0 Å². The van der Waals surface area contributed by atoms with E-state index in [4.69, 9.17) is 0 Å². The predicted octanol–water partition coefficient (Wildman–Crippen LogP) is 2.93. The number of hydrogen-bond acceptors (Lipinski definition) is 1. The molecule has 0 saturated carbocycles. The molecule has 0 aliphatic heterocycles. The molecule has 0 saturated heterocycles. The molecular formula is C12H12O. The first-order valence-corrected chi connectivity index (χ1v) is 4.19. The number of carbonyl (C=O) groups excluding carboxylic acids is 1. The molecule has 1 aromatic rings. The van der Waals surface area contributed by atoms with Crippen LogP contribution < -0.4 is 0 Å². The summed E-state index contributed by atoms with van der Waals surface area (Å²) in [5.41, 5.74) is 2.19. The summed E-state index contributed by atoms with van der Waals surface area (Å²) in [5, 5.41) is 0. The lowest BCUT2D eigenvalue weighted by Gasteiger charge is -1.94. The van der Waals surface area contributed by atoms with Crippen molar-refractivity contribution >= 4 is 18.4 Å². The third-order valence-electron chi connectivity index (χ3n) is 1.69. The third kappa shape index (κ3) is 3.08. The third-order valence-corrected chi connectivity index (χ3v) is 1.69. The Morgan fingerprint density at radius 1 is 1.31 bits per heavy atom. The minimum absolute atomic E-state index is 0.471. The van der Waals surface area contributed by atoms with Crippen LogP contribution in [0, 0.1) is 0 Å². The van der Waals surface area contributed by atoms with E-state index < -0.39 is 0 Å². The van der Waals surface area contributed by atoms with Gasteiger partial charge in [0, 0.05) is 6.42 Å². The highest BCUT2D eigenvalue weighted by Gasteiger charge is 1.87. The van der Waals surface area contributed by atoms with Crippen LogP contribution >= 0.6 is 0 Å². The van der Waals surface area contributed by atoms with E-state index in [0.29, 0.717) is 6.42 Å². The van der Waals surface area contributed by atoms with Gasteiger partial charge in [-0.1, -0.05) is 43.0 Å². The molecule has 1 nitrogen and oxygen atoms in total. The van der Waals surface area contributed by atoms with Crippen LogP contribution in [0.25, 0.3) is 12.2 Å². The second kappa shape index (κ2) is 5.09. The topological polar surface area (TPSA) is 17.1 Å². The molecule has 0 heterocycles. The van der Waals surface area contributed by atoms with Gasteiger partial charge in [-0.05, 0) is 17.2 Å². The number of aldehydes is 1. The number of carbonyl (C=O) groups is 1. The molecule has 1 aromatic carbocycles. The van der Waals surface area contributed by atoms with Gasteiger partial charge in [0.15, 0.2) is 0 Å². The van der Waals surface area contributed by atoms with Gasteiger partial charge in [-0.15, -0.1) is 0 Å². The van der Waals surface area contributed by atoms with Crippen molar-refractivity contribution in [1.29, 1.82) is 0 Å². The van der Waals surface area contributed by atoms with Crippen LogP contribution in [0.5, 0.6) is 0 Å². The Balaban J connectivity index is 2.76. The molecule has 0 N–H and O–H groups in total. The zero-order valence-electron chi connectivity index (χ0n) is 7.44. The van der Waals surface area contributed by atoms with Gasteiger partial charge >= 0.3 is 0 Å². The Kier molecular flexibility index (Phi) is 3.71. The van der Waals surface area contributed by atoms with Crippen molar-refractivity contribution in [2.45, 2.75) is 6.42 Å². The van der Waals surface area contributed by atoms with E-state index in [2.05, 4.69) is 6.58 Å². The zero-order chi connectivity index (χ0) is 9.52. The predicted molar refractivity (Wildman–Crippen MR) is 56.2 cm³/mol. The van der Waals surface area contributed by atoms with Gasteiger partial charge in [0.1, 0.15) is 6.29 Å². The van der Waals surface area contributed by atoms with Crippen LogP contribution in [-0.4, -0.2) is 6.29 Å². The molecule has 0 spiro atoms. The minimum Gasteiger partial charge on any atom is -0.303 e. The molecule has 0 atom stereocenters. The number of hydrogen-bond donors (Lipinski definition) is 0. The lowest BCUT2D eigenvalue weighted by atomic mass is 10.1. The van der Waals surface area contributed by atoms with Crippen molar-refractivity contribution in [2.24, 2.45) is 0 Å². The standard InChI is InChI=1S/C12H12O/c1-2-11-7-5-8-12(10-11)6-3-4-9-13/h2-3,5-10H,1,4H2. The number of rotatable bonds is 4. The fourth-order valence-electron chi connectivity index (χ4n) is 1.05. The first-order chi connectivity index (χ1) is 6.36. The second-order valence-electron chi connectivity index (χ2n) is 2.68. The quantitative estimate of drug-likeness (QED) is 0.638. The summed E-state index contributed by atoms with van der Waals surface area (Å²) >= 11 is 0. The van der Waals surface area contributed by atoms with Gasteiger partial charge < -0.3 is 4.79 Å². The molecule has 0 fully saturated rings. The number of benzene rings is 1. The van der Waals surface area contributed by atoms with Crippen LogP contribution in [0.15, 0.2) is 36.9 Å². The maximum Gasteiger partial charge on any atom is 0.123 e. The van der Waals surface area contributed by atoms with Gasteiger partial charge in [0.05, 0.1) is 0 Å². The van der Waals surface area contributed by atoms with Gasteiger partial charge in [0.2, 0.25) is 0 Å². The summed E-state index contributed by atoms with van der Waals surface area (Å²) < 4.78 is 0. The SMILES string of the molecule is C=Cc1cccc(C=CCC=O)c1. The highest BCUT2D eigenvalue weighted by molar-refractivity contribution is 5.60. The van der Waals surface area contributed by atoms with Crippen molar-refractivity contribution in [2.75, 3.05) is 0 Å². The zero-order valence-corrected chi connectivity index (χ0v) is 7.44. The van der Waals surface area contributed by atoms with Gasteiger partial charge in [-0.3, -0.25) is 0 Å². The van der Waals surface area contributed by atoms with Crippen LogP contribution in [0.1, 0.15) is 17.5 Å². The Morgan fingerprint density at radius 3 is 2.77 bits per heavy atom. The van der Waals surface area contributed by atoms with Gasteiger partial charge in [-0.25, -0.2) is 0 Å². The molecular weight excluding hydrogens is 160 g/mol. The average Bonchev–Trinajstić information content (AvgIpc) is 2.19. The second-order valence-corrected chi connectivity index (χ2v) is 2.68. The molecule has 0 amide bonds. The minimum atomic E-state index is 0.471. The molecule has 0 aliphatic carbocycles. The maximum atomic E-state index is 10.1. The molecule has 0 unspecified atom stereocenters. The lowest BCUT2D eigenvalue weighted by Crippen LogP contribution is -1.75. The fraction of sp³-hybridized carbons (Fsp3) is 0.0833. The summed E-state index contributed by atoms with van der Waals surface area (Å²) in [6.07, 6.45) is 6.93. The van der Waals surface area contributed by atoms with Crippen LogP contribution in [0.3, 0.4) is 0 Å². The lowest BCUT2D eigenvalue weighted by molar-refractivity contribution is -0.107. The van der Waals surface area contributed by atoms with E-state index in [9.17, 15) is 4.79 Å². The highest BCUT2D eigenvalue weighted by Crippen LogP contribution is 2.07. The summed E-state index contributed by atoms with van der Waals surface area (Å²) in [6, 6.07) is 7.98. The largest absolute Gasteiger partial charge is 0.303 e. The Hall–Kier alpha value is -1.63. The van der Waals surface area contributed by atoms with E-state index in [1.54, 1.807) is 6.08 Å². The van der Waals surface area contributed by atoms with Crippen molar-refractivity contribution in [3.05, 3.63) is 48.0 Å². The Morgan fingerprint density at radius 2 is 2.08 bits per heavy atom. The molecule has 0 bridgehead atoms. The molecule has 66 valence electrons. The van der Waals surface area contributed by atoms with Crippen LogP contribution in [0.2, 0.25) is 0 Å². The molecule has 0 radical (unpaired) electrons. The normalized spacial score (nSPS) is 10.2. The van der Waals surface area contributed by atoms with Gasteiger partial charge in [-0.2, -0.15) is 0 Å². The van der Waals surface area contributed by atoms with Gasteiger partial charge in [0.25, 0.3) is 0 Å². The van der Waals surface area contributed by atoms with E-state index >= 15 is 0 Å². The Labute approximate surface area is 78.4 Å². The van der Waals surface area contributed by atoms with Crippen molar-refractivity contribution in [1.82, 2.24) is 0 Å². The first-order valence-electron chi connectivity index (χ1n) is 4.19. The molecule has 0 aliphatic rings. The van der Waals surface area contributed by atoms with E-state index in [1.807, 2.05) is 36.4 Å². The van der Waals surface area contributed by atoms with Crippen molar-refractivity contribution in [3.8, 4) is 0 Å². The van der Waals surface area contributed by atoms with Crippen molar-refractivity contribution < 1.29 is 4.79 Å². The monoisotopic (exact) mass is 172 g/mol. The molecule has 1 rings (SSSR count). The molecule has 13 heavy (non-hydrogen) atoms. The highest BCUT2D eigenvalue weighted by atomic mass is 16.1. The van der Waals surface area contributed by atoms with Crippen LogP contribution in [-0.2, 0) is 4.79 Å². The fourth-order valence-corrected chi connectivity index (χ4v) is 1.05. The summed E-state index contributed by atoms with van der Waals surface area (Å²) in [6.45, 7) is 3.69. The smallest absolute Gasteiger partial charge is 0.123 e. The van der Waals surface area contributed by atoms with E-state index in [0.717, 1.165) is 17.4 Å². The van der Waals surface area contributed by atoms with E-state index in [-0.39, 0.29) is 0 Å². The van der Waals surface area contributed by atoms with Crippen molar-refractivity contribution in [3.63, 3.8) is 0 Å². The summed E-state index contributed by atoms with van der Waals surface area (Å²) in [5.74, 6) is 0. The maximum absolute atomic E-state index is 10.1. The average molecular weight is 172 g/mol. The molecule has 1 heteroatoms. The molecule has 0 aromatic heterocycles. The number of allylic oxidation sites excluding steroid dienone is 1.